The van der Waals surface area contributed by atoms with Crippen molar-refractivity contribution in [2.24, 2.45) is 0 Å². The molecule has 1 unspecified atom stereocenters. The number of halogens is 1. The van der Waals surface area contributed by atoms with Crippen LogP contribution in [0.1, 0.15) is 54.7 Å². The van der Waals surface area contributed by atoms with Crippen LogP contribution in [0, 0.1) is 0 Å². The third-order valence-electron chi connectivity index (χ3n) is 4.61. The second kappa shape index (κ2) is 10.4. The zero-order valence-electron chi connectivity index (χ0n) is 17.6. The van der Waals surface area contributed by atoms with Gasteiger partial charge in [-0.3, -0.25) is 14.4 Å². The van der Waals surface area contributed by atoms with Crippen molar-refractivity contribution in [1.29, 1.82) is 0 Å². The number of esters is 1. The van der Waals surface area contributed by atoms with E-state index in [2.05, 4.69) is 47.3 Å². The number of methoxy groups -OCH3 is 1. The largest absolute Gasteiger partial charge is 0.469 e. The van der Waals surface area contributed by atoms with Crippen molar-refractivity contribution < 1.29 is 19.1 Å². The van der Waals surface area contributed by atoms with Gasteiger partial charge in [0.15, 0.2) is 0 Å². The van der Waals surface area contributed by atoms with Gasteiger partial charge in [-0.15, -0.1) is 0 Å². The van der Waals surface area contributed by atoms with Gasteiger partial charge in [-0.2, -0.15) is 0 Å². The summed E-state index contributed by atoms with van der Waals surface area (Å²) in [6.45, 7) is 6.10. The van der Waals surface area contributed by atoms with Crippen molar-refractivity contribution in [2.45, 2.75) is 38.6 Å². The van der Waals surface area contributed by atoms with E-state index in [0.717, 1.165) is 15.6 Å². The molecule has 0 aliphatic carbocycles. The molecule has 1 atom stereocenters. The van der Waals surface area contributed by atoms with Gasteiger partial charge in [-0.25, -0.2) is 0 Å². The lowest BCUT2D eigenvalue weighted by atomic mass is 9.87. The second-order valence-electron chi connectivity index (χ2n) is 7.97. The molecule has 30 heavy (non-hydrogen) atoms. The van der Waals surface area contributed by atoms with E-state index < -0.39 is 17.9 Å². The number of nitrogens with one attached hydrogen (secondary N) is 2. The number of rotatable bonds is 7. The summed E-state index contributed by atoms with van der Waals surface area (Å²) in [6, 6.07) is 14.1. The normalized spacial score (nSPS) is 12.0. The van der Waals surface area contributed by atoms with Gasteiger partial charge in [0.1, 0.15) is 0 Å². The number of benzene rings is 2. The average molecular weight is 475 g/mol. The standard InChI is InChI=1S/C23H27BrN2O4/c1-23(2,3)17-10-8-15(9-11-17)22(29)25-14-20(27)26-19(13-21(28)30-4)16-6-5-7-18(24)12-16/h5-12,19H,13-14H2,1-4H3,(H,25,29)(H,26,27). The van der Waals surface area contributed by atoms with Crippen molar-refractivity contribution in [2.75, 3.05) is 13.7 Å². The molecular weight excluding hydrogens is 448 g/mol. The molecule has 0 aliphatic rings. The third kappa shape index (κ3) is 6.99. The lowest BCUT2D eigenvalue weighted by Crippen LogP contribution is -2.39. The maximum atomic E-state index is 12.4. The predicted octanol–water partition coefficient (Wildman–Crippen LogP) is 3.90. The lowest BCUT2D eigenvalue weighted by molar-refractivity contribution is -0.141. The Morgan fingerprint density at radius 3 is 2.30 bits per heavy atom. The van der Waals surface area contributed by atoms with Crippen LogP contribution in [0.4, 0.5) is 0 Å². The minimum atomic E-state index is -0.564. The Bertz CT molecular complexity index is 904. The highest BCUT2D eigenvalue weighted by molar-refractivity contribution is 9.10. The Hall–Kier alpha value is -2.67. The third-order valence-corrected chi connectivity index (χ3v) is 5.10. The van der Waals surface area contributed by atoms with Crippen LogP contribution in [-0.4, -0.2) is 31.4 Å². The van der Waals surface area contributed by atoms with E-state index in [9.17, 15) is 14.4 Å². The van der Waals surface area contributed by atoms with Gasteiger partial charge < -0.3 is 15.4 Å². The topological polar surface area (TPSA) is 84.5 Å². The quantitative estimate of drug-likeness (QED) is 0.595. The molecular formula is C23H27BrN2O4. The monoisotopic (exact) mass is 474 g/mol. The molecule has 7 heteroatoms. The molecule has 0 radical (unpaired) electrons. The molecule has 0 aliphatic heterocycles. The molecule has 0 saturated carbocycles. The fraction of sp³-hybridized carbons (Fsp3) is 0.348. The number of hydrogen-bond acceptors (Lipinski definition) is 4. The predicted molar refractivity (Wildman–Crippen MR) is 119 cm³/mol. The summed E-state index contributed by atoms with van der Waals surface area (Å²) >= 11 is 3.39. The van der Waals surface area contributed by atoms with Gasteiger partial charge in [0.25, 0.3) is 5.91 Å². The molecule has 160 valence electrons. The molecule has 0 aromatic heterocycles. The van der Waals surface area contributed by atoms with Crippen LogP contribution in [0.25, 0.3) is 0 Å². The molecule has 2 N–H and O–H groups in total. The Kier molecular flexibility index (Phi) is 8.17. The van der Waals surface area contributed by atoms with E-state index in [1.807, 2.05) is 36.4 Å². The molecule has 0 heterocycles. The summed E-state index contributed by atoms with van der Waals surface area (Å²) in [5.74, 6) is -1.18. The second-order valence-corrected chi connectivity index (χ2v) is 8.88. The molecule has 2 rings (SSSR count). The molecule has 2 amide bonds. The number of amides is 2. The van der Waals surface area contributed by atoms with Crippen LogP contribution in [0.3, 0.4) is 0 Å². The summed E-state index contributed by atoms with van der Waals surface area (Å²) in [6.07, 6.45) is -0.0130. The molecule has 2 aromatic carbocycles. The Morgan fingerprint density at radius 1 is 1.07 bits per heavy atom. The average Bonchev–Trinajstić information content (AvgIpc) is 2.70. The molecule has 0 spiro atoms. The van der Waals surface area contributed by atoms with Gasteiger partial charge in [0, 0.05) is 10.0 Å². The number of carbonyl (C=O) groups excluding carboxylic acids is 3. The fourth-order valence-corrected chi connectivity index (χ4v) is 3.27. The molecule has 6 nitrogen and oxygen atoms in total. The van der Waals surface area contributed by atoms with Crippen LogP contribution in [-0.2, 0) is 19.7 Å². The first-order valence-corrected chi connectivity index (χ1v) is 10.4. The highest BCUT2D eigenvalue weighted by Gasteiger charge is 2.20. The summed E-state index contributed by atoms with van der Waals surface area (Å²) in [4.78, 5) is 36.5. The maximum Gasteiger partial charge on any atom is 0.307 e. The maximum absolute atomic E-state index is 12.4. The first kappa shape index (κ1) is 23.6. The summed E-state index contributed by atoms with van der Waals surface area (Å²) in [5, 5.41) is 5.40. The number of carbonyl (C=O) groups is 3. The van der Waals surface area contributed by atoms with Crippen LogP contribution in [0.15, 0.2) is 53.0 Å². The van der Waals surface area contributed by atoms with Crippen LogP contribution in [0.5, 0.6) is 0 Å². The minimum absolute atomic E-state index is 0.00399. The van der Waals surface area contributed by atoms with Crippen LogP contribution in [0.2, 0.25) is 0 Å². The lowest BCUT2D eigenvalue weighted by Gasteiger charge is -2.19. The van der Waals surface area contributed by atoms with E-state index in [1.54, 1.807) is 12.1 Å². The molecule has 0 saturated heterocycles. The van der Waals surface area contributed by atoms with E-state index in [-0.39, 0.29) is 24.3 Å². The van der Waals surface area contributed by atoms with Gasteiger partial charge >= 0.3 is 5.97 Å². The Morgan fingerprint density at radius 2 is 1.73 bits per heavy atom. The molecule has 0 bridgehead atoms. The highest BCUT2D eigenvalue weighted by Crippen LogP contribution is 2.23. The Labute approximate surface area is 185 Å². The van der Waals surface area contributed by atoms with Crippen molar-refractivity contribution in [1.82, 2.24) is 10.6 Å². The van der Waals surface area contributed by atoms with Crippen LogP contribution < -0.4 is 10.6 Å². The van der Waals surface area contributed by atoms with Crippen molar-refractivity contribution in [3.63, 3.8) is 0 Å². The van der Waals surface area contributed by atoms with E-state index >= 15 is 0 Å². The van der Waals surface area contributed by atoms with E-state index in [4.69, 9.17) is 4.74 Å². The van der Waals surface area contributed by atoms with E-state index in [1.165, 1.54) is 7.11 Å². The van der Waals surface area contributed by atoms with Gasteiger partial charge in [0.05, 0.1) is 26.1 Å². The zero-order chi connectivity index (χ0) is 22.3. The smallest absolute Gasteiger partial charge is 0.307 e. The molecule has 2 aromatic rings. The highest BCUT2D eigenvalue weighted by atomic mass is 79.9. The number of hydrogen-bond donors (Lipinski definition) is 2. The first-order chi connectivity index (χ1) is 14.1. The fourth-order valence-electron chi connectivity index (χ4n) is 2.86. The molecule has 0 fully saturated rings. The van der Waals surface area contributed by atoms with Crippen molar-refractivity contribution >= 4 is 33.7 Å². The summed E-state index contributed by atoms with van der Waals surface area (Å²) in [5.41, 5.74) is 2.35. The minimum Gasteiger partial charge on any atom is -0.469 e. The number of ether oxygens (including phenoxy) is 1. The van der Waals surface area contributed by atoms with Gasteiger partial charge in [0.2, 0.25) is 5.91 Å². The SMILES string of the molecule is COC(=O)CC(NC(=O)CNC(=O)c1ccc(C(C)(C)C)cc1)c1cccc(Br)c1. The zero-order valence-corrected chi connectivity index (χ0v) is 19.2. The summed E-state index contributed by atoms with van der Waals surface area (Å²) < 4.78 is 5.56. The Balaban J connectivity index is 1.99. The van der Waals surface area contributed by atoms with Gasteiger partial charge in [-0.1, -0.05) is 61.0 Å². The first-order valence-electron chi connectivity index (χ1n) is 9.60. The van der Waals surface area contributed by atoms with Crippen LogP contribution >= 0.6 is 15.9 Å². The van der Waals surface area contributed by atoms with E-state index in [0.29, 0.717) is 5.56 Å². The van der Waals surface area contributed by atoms with Crippen molar-refractivity contribution in [3.05, 3.63) is 69.7 Å². The van der Waals surface area contributed by atoms with Crippen molar-refractivity contribution in [3.8, 4) is 0 Å². The summed E-state index contributed by atoms with van der Waals surface area (Å²) in [7, 11) is 1.30. The van der Waals surface area contributed by atoms with Gasteiger partial charge in [-0.05, 0) is 40.8 Å².